The maximum absolute atomic E-state index is 3.50. The molecule has 0 heterocycles. The first-order chi connectivity index (χ1) is 6.13. The van der Waals surface area contributed by atoms with Gasteiger partial charge in [0.1, 0.15) is 0 Å². The largest absolute Gasteiger partial charge is 0.382 e. The van der Waals surface area contributed by atoms with E-state index in [1.54, 1.807) is 0 Å². The van der Waals surface area contributed by atoms with Crippen LogP contribution in [0.2, 0.25) is 0 Å². The minimum atomic E-state index is 0.553. The quantitative estimate of drug-likeness (QED) is 0.834. The molecule has 1 aromatic carbocycles. The van der Waals surface area contributed by atoms with Crippen molar-refractivity contribution in [3.8, 4) is 0 Å². The Hall–Kier alpha value is -0.250. The van der Waals surface area contributed by atoms with Gasteiger partial charge in [0, 0.05) is 15.3 Å². The number of halogens is 1. The summed E-state index contributed by atoms with van der Waals surface area (Å²) >= 11 is 2.34. The van der Waals surface area contributed by atoms with Crippen LogP contribution in [0.5, 0.6) is 0 Å². The van der Waals surface area contributed by atoms with Gasteiger partial charge in [-0.05, 0) is 60.6 Å². The van der Waals surface area contributed by atoms with E-state index < -0.39 is 0 Å². The lowest BCUT2D eigenvalue weighted by Crippen LogP contribution is -2.14. The summed E-state index contributed by atoms with van der Waals surface area (Å²) in [6.45, 7) is 6.54. The van der Waals surface area contributed by atoms with Crippen molar-refractivity contribution < 1.29 is 0 Å². The average molecular weight is 289 g/mol. The van der Waals surface area contributed by atoms with Crippen molar-refractivity contribution in [2.75, 3.05) is 5.32 Å². The minimum absolute atomic E-state index is 0.553. The van der Waals surface area contributed by atoms with Crippen LogP contribution in [0.3, 0.4) is 0 Å². The van der Waals surface area contributed by atoms with E-state index in [1.807, 2.05) is 0 Å². The first kappa shape index (κ1) is 10.8. The van der Waals surface area contributed by atoms with Gasteiger partial charge in [0.2, 0.25) is 0 Å². The van der Waals surface area contributed by atoms with E-state index >= 15 is 0 Å². The van der Waals surface area contributed by atoms with Crippen molar-refractivity contribution in [3.05, 3.63) is 27.3 Å². The maximum Gasteiger partial charge on any atom is 0.0382 e. The molecule has 0 radical (unpaired) electrons. The highest BCUT2D eigenvalue weighted by molar-refractivity contribution is 14.1. The lowest BCUT2D eigenvalue weighted by Gasteiger charge is -2.15. The molecule has 1 unspecified atom stereocenters. The van der Waals surface area contributed by atoms with E-state index in [0.717, 1.165) is 6.42 Å². The molecule has 0 fully saturated rings. The number of hydrogen-bond acceptors (Lipinski definition) is 1. The molecule has 1 rings (SSSR count). The number of nitrogens with one attached hydrogen (secondary N) is 1. The van der Waals surface area contributed by atoms with Crippen LogP contribution in [-0.2, 0) is 0 Å². The zero-order valence-electron chi connectivity index (χ0n) is 8.39. The van der Waals surface area contributed by atoms with Gasteiger partial charge in [-0.2, -0.15) is 0 Å². The maximum atomic E-state index is 3.50. The van der Waals surface area contributed by atoms with Gasteiger partial charge in [-0.3, -0.25) is 0 Å². The highest BCUT2D eigenvalue weighted by Crippen LogP contribution is 2.19. The Labute approximate surface area is 94.1 Å². The van der Waals surface area contributed by atoms with Gasteiger partial charge in [-0.15, -0.1) is 0 Å². The molecule has 1 nitrogen and oxygen atoms in total. The van der Waals surface area contributed by atoms with E-state index in [2.05, 4.69) is 66.9 Å². The van der Waals surface area contributed by atoms with Crippen molar-refractivity contribution in [2.45, 2.75) is 33.2 Å². The smallest absolute Gasteiger partial charge is 0.0382 e. The van der Waals surface area contributed by atoms with Gasteiger partial charge in [-0.25, -0.2) is 0 Å². The van der Waals surface area contributed by atoms with Crippen molar-refractivity contribution in [1.82, 2.24) is 0 Å². The fraction of sp³-hybridized carbons (Fsp3) is 0.455. The van der Waals surface area contributed by atoms with E-state index in [9.17, 15) is 0 Å². The average Bonchev–Trinajstić information content (AvgIpc) is 2.11. The standard InChI is InChI=1S/C11H16IN/c1-4-9(3)13-11-7-10(12)6-5-8(11)2/h5-7,9,13H,4H2,1-3H3. The molecule has 1 atom stereocenters. The van der Waals surface area contributed by atoms with Crippen LogP contribution in [0, 0.1) is 10.5 Å². The van der Waals surface area contributed by atoms with Crippen molar-refractivity contribution in [3.63, 3.8) is 0 Å². The fourth-order valence-electron chi connectivity index (χ4n) is 1.12. The Kier molecular flexibility index (Phi) is 4.03. The second-order valence-electron chi connectivity index (χ2n) is 3.41. The van der Waals surface area contributed by atoms with Crippen LogP contribution < -0.4 is 5.32 Å². The summed E-state index contributed by atoms with van der Waals surface area (Å²) in [6.07, 6.45) is 1.16. The Morgan fingerprint density at radius 2 is 2.15 bits per heavy atom. The van der Waals surface area contributed by atoms with Gasteiger partial charge in [0.15, 0.2) is 0 Å². The zero-order chi connectivity index (χ0) is 9.84. The summed E-state index contributed by atoms with van der Waals surface area (Å²) in [5, 5.41) is 3.50. The van der Waals surface area contributed by atoms with Gasteiger partial charge in [0.25, 0.3) is 0 Å². The minimum Gasteiger partial charge on any atom is -0.382 e. The molecule has 0 amide bonds. The molecule has 1 aromatic rings. The molecule has 72 valence electrons. The van der Waals surface area contributed by atoms with Crippen LogP contribution in [-0.4, -0.2) is 6.04 Å². The lowest BCUT2D eigenvalue weighted by molar-refractivity contribution is 0.763. The lowest BCUT2D eigenvalue weighted by atomic mass is 10.1. The van der Waals surface area contributed by atoms with E-state index in [4.69, 9.17) is 0 Å². The topological polar surface area (TPSA) is 12.0 Å². The van der Waals surface area contributed by atoms with E-state index in [0.29, 0.717) is 6.04 Å². The van der Waals surface area contributed by atoms with E-state index in [-0.39, 0.29) is 0 Å². The Morgan fingerprint density at radius 3 is 2.77 bits per heavy atom. The first-order valence-corrected chi connectivity index (χ1v) is 5.74. The second-order valence-corrected chi connectivity index (χ2v) is 4.66. The summed E-state index contributed by atoms with van der Waals surface area (Å²) in [4.78, 5) is 0. The third-order valence-electron chi connectivity index (χ3n) is 2.21. The fourth-order valence-corrected chi connectivity index (χ4v) is 1.61. The van der Waals surface area contributed by atoms with Crippen LogP contribution in [0.1, 0.15) is 25.8 Å². The number of benzene rings is 1. The third-order valence-corrected chi connectivity index (χ3v) is 2.88. The molecular weight excluding hydrogens is 273 g/mol. The molecule has 0 bridgehead atoms. The summed E-state index contributed by atoms with van der Waals surface area (Å²) in [7, 11) is 0. The predicted octanol–water partition coefficient (Wildman–Crippen LogP) is 3.81. The molecule has 0 aliphatic rings. The monoisotopic (exact) mass is 289 g/mol. The molecule has 0 saturated heterocycles. The van der Waals surface area contributed by atoms with Gasteiger partial charge in [-0.1, -0.05) is 13.0 Å². The molecule has 0 aliphatic carbocycles. The molecule has 13 heavy (non-hydrogen) atoms. The molecule has 2 heteroatoms. The Balaban J connectivity index is 2.81. The number of anilines is 1. The summed E-state index contributed by atoms with van der Waals surface area (Å²) in [5.74, 6) is 0. The summed E-state index contributed by atoms with van der Waals surface area (Å²) < 4.78 is 1.29. The van der Waals surface area contributed by atoms with E-state index in [1.165, 1.54) is 14.8 Å². The van der Waals surface area contributed by atoms with Crippen LogP contribution in [0.15, 0.2) is 18.2 Å². The Bertz CT molecular complexity index is 283. The Morgan fingerprint density at radius 1 is 1.46 bits per heavy atom. The second kappa shape index (κ2) is 4.84. The normalized spacial score (nSPS) is 12.6. The van der Waals surface area contributed by atoms with Gasteiger partial charge >= 0.3 is 0 Å². The van der Waals surface area contributed by atoms with Crippen molar-refractivity contribution in [2.24, 2.45) is 0 Å². The summed E-state index contributed by atoms with van der Waals surface area (Å²) in [6, 6.07) is 7.04. The third kappa shape index (κ3) is 3.18. The number of rotatable bonds is 3. The zero-order valence-corrected chi connectivity index (χ0v) is 10.6. The summed E-state index contributed by atoms with van der Waals surface area (Å²) in [5.41, 5.74) is 2.59. The van der Waals surface area contributed by atoms with Crippen molar-refractivity contribution >= 4 is 28.3 Å². The molecule has 0 aliphatic heterocycles. The van der Waals surface area contributed by atoms with Crippen LogP contribution in [0.25, 0.3) is 0 Å². The molecular formula is C11H16IN. The van der Waals surface area contributed by atoms with Gasteiger partial charge < -0.3 is 5.32 Å². The van der Waals surface area contributed by atoms with Crippen molar-refractivity contribution in [1.29, 1.82) is 0 Å². The van der Waals surface area contributed by atoms with Crippen LogP contribution in [0.4, 0.5) is 5.69 Å². The highest BCUT2D eigenvalue weighted by Gasteiger charge is 2.01. The molecule has 0 spiro atoms. The van der Waals surface area contributed by atoms with Crippen LogP contribution >= 0.6 is 22.6 Å². The first-order valence-electron chi connectivity index (χ1n) is 4.66. The number of aryl methyl sites for hydroxylation is 1. The molecule has 1 N–H and O–H groups in total. The highest BCUT2D eigenvalue weighted by atomic mass is 127. The SMILES string of the molecule is CCC(C)Nc1cc(I)ccc1C. The molecule has 0 aromatic heterocycles. The predicted molar refractivity (Wildman–Crippen MR) is 67.3 cm³/mol. The molecule has 0 saturated carbocycles. The number of hydrogen-bond donors (Lipinski definition) is 1. The van der Waals surface area contributed by atoms with Gasteiger partial charge in [0.05, 0.1) is 0 Å².